The number of hydrogen-bond acceptors (Lipinski definition) is 6. The van der Waals surface area contributed by atoms with Crippen LogP contribution < -0.4 is 0 Å². The van der Waals surface area contributed by atoms with Crippen molar-refractivity contribution in [3.8, 4) is 11.5 Å². The molecule has 6 nitrogen and oxygen atoms in total. The third-order valence-electron chi connectivity index (χ3n) is 3.57. The van der Waals surface area contributed by atoms with Crippen molar-refractivity contribution in [3.05, 3.63) is 53.7 Å². The maximum absolute atomic E-state index is 12.9. The Bertz CT molecular complexity index is 860. The van der Waals surface area contributed by atoms with E-state index in [4.69, 9.17) is 8.83 Å². The lowest BCUT2D eigenvalue weighted by Gasteiger charge is -2.16. The number of rotatable bonds is 6. The first-order valence-corrected chi connectivity index (χ1v) is 8.50. The second-order valence-electron chi connectivity index (χ2n) is 5.43. The number of aromatic nitrogens is 2. The summed E-state index contributed by atoms with van der Waals surface area (Å²) in [6, 6.07) is 7.81. The molecule has 8 heteroatoms. The summed E-state index contributed by atoms with van der Waals surface area (Å²) in [5.74, 6) is 0.835. The molecule has 0 spiro atoms. The van der Waals surface area contributed by atoms with Crippen molar-refractivity contribution in [2.45, 2.75) is 18.7 Å². The van der Waals surface area contributed by atoms with E-state index in [2.05, 4.69) is 10.2 Å². The van der Waals surface area contributed by atoms with Crippen LogP contribution in [0.4, 0.5) is 4.39 Å². The van der Waals surface area contributed by atoms with Crippen molar-refractivity contribution < 1.29 is 18.0 Å². The summed E-state index contributed by atoms with van der Waals surface area (Å²) in [6.45, 7) is 2.21. The standard InChI is InChI=1S/C17H16FN3O3S/c1-11-14(7-8-23-11)16-19-20-17(24-16)25-10-15(22)21(2)9-12-3-5-13(18)6-4-12/h3-8H,9-10H2,1-2H3. The van der Waals surface area contributed by atoms with Gasteiger partial charge in [0.05, 0.1) is 17.6 Å². The van der Waals surface area contributed by atoms with Crippen LogP contribution in [0, 0.1) is 12.7 Å². The number of hydrogen-bond donors (Lipinski definition) is 0. The Morgan fingerprint density at radius 1 is 1.24 bits per heavy atom. The monoisotopic (exact) mass is 361 g/mol. The van der Waals surface area contributed by atoms with Gasteiger partial charge in [0.2, 0.25) is 5.91 Å². The largest absolute Gasteiger partial charge is 0.469 e. The number of amides is 1. The third-order valence-corrected chi connectivity index (χ3v) is 4.38. The van der Waals surface area contributed by atoms with Gasteiger partial charge < -0.3 is 13.7 Å². The summed E-state index contributed by atoms with van der Waals surface area (Å²) in [5, 5.41) is 8.21. The van der Waals surface area contributed by atoms with Gasteiger partial charge in [0, 0.05) is 13.6 Å². The summed E-state index contributed by atoms with van der Waals surface area (Å²) in [7, 11) is 1.69. The molecule has 2 heterocycles. The molecule has 0 fully saturated rings. The predicted octanol–water partition coefficient (Wildman–Crippen LogP) is 3.53. The van der Waals surface area contributed by atoms with Gasteiger partial charge in [0.15, 0.2) is 0 Å². The Labute approximate surface area is 148 Å². The highest BCUT2D eigenvalue weighted by atomic mass is 32.2. The Kier molecular flexibility index (Phi) is 5.18. The molecule has 3 rings (SSSR count). The molecule has 0 N–H and O–H groups in total. The number of aryl methyl sites for hydroxylation is 1. The summed E-state index contributed by atoms with van der Waals surface area (Å²) >= 11 is 1.17. The second-order valence-corrected chi connectivity index (χ2v) is 6.36. The van der Waals surface area contributed by atoms with E-state index in [1.54, 1.807) is 43.3 Å². The zero-order valence-corrected chi connectivity index (χ0v) is 14.5. The summed E-state index contributed by atoms with van der Waals surface area (Å²) in [5.41, 5.74) is 1.59. The molecule has 3 aromatic rings. The molecule has 0 aliphatic heterocycles. The number of thioether (sulfide) groups is 1. The van der Waals surface area contributed by atoms with Crippen LogP contribution in [-0.4, -0.2) is 33.8 Å². The first kappa shape index (κ1) is 17.2. The van der Waals surface area contributed by atoms with Crippen molar-refractivity contribution in [1.82, 2.24) is 15.1 Å². The highest BCUT2D eigenvalue weighted by Crippen LogP contribution is 2.26. The number of furan rings is 1. The minimum Gasteiger partial charge on any atom is -0.469 e. The Morgan fingerprint density at radius 2 is 2.00 bits per heavy atom. The van der Waals surface area contributed by atoms with E-state index < -0.39 is 0 Å². The molecule has 0 aliphatic carbocycles. The van der Waals surface area contributed by atoms with Crippen molar-refractivity contribution in [3.63, 3.8) is 0 Å². The van der Waals surface area contributed by atoms with Crippen LogP contribution in [0.15, 0.2) is 50.7 Å². The van der Waals surface area contributed by atoms with Crippen LogP contribution in [0.1, 0.15) is 11.3 Å². The molecule has 0 unspecified atom stereocenters. The fourth-order valence-electron chi connectivity index (χ4n) is 2.17. The van der Waals surface area contributed by atoms with E-state index in [1.165, 1.54) is 23.9 Å². The van der Waals surface area contributed by atoms with Crippen molar-refractivity contribution in [1.29, 1.82) is 0 Å². The lowest BCUT2D eigenvalue weighted by Crippen LogP contribution is -2.27. The number of carbonyl (C=O) groups excluding carboxylic acids is 1. The molecular weight excluding hydrogens is 345 g/mol. The quantitative estimate of drug-likeness (QED) is 0.626. The minimum atomic E-state index is -0.298. The fraction of sp³-hybridized carbons (Fsp3) is 0.235. The van der Waals surface area contributed by atoms with Crippen molar-refractivity contribution in [2.75, 3.05) is 12.8 Å². The van der Waals surface area contributed by atoms with Gasteiger partial charge >= 0.3 is 0 Å². The zero-order valence-electron chi connectivity index (χ0n) is 13.7. The second kappa shape index (κ2) is 7.52. The molecule has 0 atom stereocenters. The normalized spacial score (nSPS) is 10.8. The number of carbonyl (C=O) groups is 1. The molecule has 2 aromatic heterocycles. The fourth-order valence-corrected chi connectivity index (χ4v) is 2.87. The van der Waals surface area contributed by atoms with Crippen LogP contribution in [-0.2, 0) is 11.3 Å². The molecular formula is C17H16FN3O3S. The summed E-state index contributed by atoms with van der Waals surface area (Å²) < 4.78 is 23.6. The SMILES string of the molecule is Cc1occc1-c1nnc(SCC(=O)N(C)Cc2ccc(F)cc2)o1. The van der Waals surface area contributed by atoms with Crippen LogP contribution in [0.5, 0.6) is 0 Å². The van der Waals surface area contributed by atoms with Gasteiger partial charge in [-0.1, -0.05) is 23.9 Å². The zero-order chi connectivity index (χ0) is 17.8. The lowest BCUT2D eigenvalue weighted by atomic mass is 10.2. The average molecular weight is 361 g/mol. The Balaban J connectivity index is 1.54. The van der Waals surface area contributed by atoms with Gasteiger partial charge in [-0.3, -0.25) is 4.79 Å². The Morgan fingerprint density at radius 3 is 2.68 bits per heavy atom. The molecule has 0 radical (unpaired) electrons. The van der Waals surface area contributed by atoms with E-state index in [0.29, 0.717) is 23.4 Å². The molecule has 130 valence electrons. The van der Waals surface area contributed by atoms with Crippen molar-refractivity contribution >= 4 is 17.7 Å². The van der Waals surface area contributed by atoms with Gasteiger partial charge in [0.25, 0.3) is 11.1 Å². The predicted molar refractivity (Wildman–Crippen MR) is 90.3 cm³/mol. The molecule has 0 saturated carbocycles. The van der Waals surface area contributed by atoms with E-state index in [0.717, 1.165) is 11.1 Å². The molecule has 0 bridgehead atoms. The molecule has 1 amide bonds. The van der Waals surface area contributed by atoms with E-state index in [-0.39, 0.29) is 17.5 Å². The molecule has 25 heavy (non-hydrogen) atoms. The maximum atomic E-state index is 12.9. The topological polar surface area (TPSA) is 72.4 Å². The highest BCUT2D eigenvalue weighted by molar-refractivity contribution is 7.99. The van der Waals surface area contributed by atoms with E-state index >= 15 is 0 Å². The van der Waals surface area contributed by atoms with Gasteiger partial charge in [-0.2, -0.15) is 0 Å². The van der Waals surface area contributed by atoms with Gasteiger partial charge in [0.1, 0.15) is 11.6 Å². The van der Waals surface area contributed by atoms with Gasteiger partial charge in [-0.05, 0) is 30.7 Å². The van der Waals surface area contributed by atoms with Crippen LogP contribution in [0.25, 0.3) is 11.5 Å². The maximum Gasteiger partial charge on any atom is 0.277 e. The van der Waals surface area contributed by atoms with Crippen LogP contribution in [0.2, 0.25) is 0 Å². The van der Waals surface area contributed by atoms with E-state index in [9.17, 15) is 9.18 Å². The molecule has 0 aliphatic rings. The van der Waals surface area contributed by atoms with Gasteiger partial charge in [-0.15, -0.1) is 10.2 Å². The molecule has 0 saturated heterocycles. The number of benzene rings is 1. The third kappa shape index (κ3) is 4.27. The average Bonchev–Trinajstić information content (AvgIpc) is 3.23. The highest BCUT2D eigenvalue weighted by Gasteiger charge is 2.16. The smallest absolute Gasteiger partial charge is 0.277 e. The van der Waals surface area contributed by atoms with Crippen LogP contribution >= 0.6 is 11.8 Å². The number of halogens is 1. The van der Waals surface area contributed by atoms with Crippen molar-refractivity contribution in [2.24, 2.45) is 0 Å². The molecule has 1 aromatic carbocycles. The summed E-state index contributed by atoms with van der Waals surface area (Å²) in [6.07, 6.45) is 1.55. The van der Waals surface area contributed by atoms with Gasteiger partial charge in [-0.25, -0.2) is 4.39 Å². The first-order chi connectivity index (χ1) is 12.0. The Hall–Kier alpha value is -2.61. The van der Waals surface area contributed by atoms with Crippen LogP contribution in [0.3, 0.4) is 0 Å². The number of nitrogens with zero attached hydrogens (tertiary/aromatic N) is 3. The first-order valence-electron chi connectivity index (χ1n) is 7.52. The van der Waals surface area contributed by atoms with E-state index in [1.807, 2.05) is 0 Å². The minimum absolute atomic E-state index is 0.0893. The lowest BCUT2D eigenvalue weighted by molar-refractivity contribution is -0.127. The summed E-state index contributed by atoms with van der Waals surface area (Å²) in [4.78, 5) is 13.8.